The number of fused-ring (bicyclic) bond motifs is 1. The molecular weight excluding hydrogens is 218 g/mol. The maximum Gasteiger partial charge on any atom is 0.342 e. The van der Waals surface area contributed by atoms with Gasteiger partial charge in [-0.1, -0.05) is 11.8 Å². The maximum absolute atomic E-state index is 11.1. The SMILES string of the molecule is CC1=C(C(=O)O)SC2NC(=O)NC(=N)C12. The second kappa shape index (κ2) is 3.27. The molecule has 0 aliphatic carbocycles. The zero-order chi connectivity index (χ0) is 11.2. The molecule has 0 spiro atoms. The molecular formula is C8H9N3O3S. The number of carbonyl (C=O) groups is 2. The summed E-state index contributed by atoms with van der Waals surface area (Å²) in [5.41, 5.74) is 0.620. The lowest BCUT2D eigenvalue weighted by Gasteiger charge is -2.28. The van der Waals surface area contributed by atoms with E-state index in [-0.39, 0.29) is 22.0 Å². The number of nitrogens with one attached hydrogen (secondary N) is 3. The van der Waals surface area contributed by atoms with Crippen molar-refractivity contribution in [3.8, 4) is 0 Å². The summed E-state index contributed by atoms with van der Waals surface area (Å²) in [4.78, 5) is 22.1. The Balaban J connectivity index is 2.33. The Morgan fingerprint density at radius 2 is 2.27 bits per heavy atom. The number of amidine groups is 1. The summed E-state index contributed by atoms with van der Waals surface area (Å²) in [6.07, 6.45) is 0. The van der Waals surface area contributed by atoms with Gasteiger partial charge in [-0.2, -0.15) is 0 Å². The van der Waals surface area contributed by atoms with Gasteiger partial charge in [-0.15, -0.1) is 0 Å². The van der Waals surface area contributed by atoms with Crippen molar-refractivity contribution >= 4 is 29.6 Å². The molecule has 0 radical (unpaired) electrons. The van der Waals surface area contributed by atoms with Crippen LogP contribution in [-0.2, 0) is 4.79 Å². The van der Waals surface area contributed by atoms with Crippen molar-refractivity contribution in [3.05, 3.63) is 10.5 Å². The minimum atomic E-state index is -1.01. The first kappa shape index (κ1) is 10.0. The van der Waals surface area contributed by atoms with E-state index in [4.69, 9.17) is 10.5 Å². The lowest BCUT2D eigenvalue weighted by atomic mass is 9.97. The summed E-state index contributed by atoms with van der Waals surface area (Å²) in [6.45, 7) is 1.68. The molecule has 2 amide bonds. The quantitative estimate of drug-likeness (QED) is 0.518. The minimum absolute atomic E-state index is 0.0602. The van der Waals surface area contributed by atoms with Crippen LogP contribution in [0.15, 0.2) is 10.5 Å². The molecule has 2 atom stereocenters. The zero-order valence-electron chi connectivity index (χ0n) is 7.83. The number of hydrogen-bond acceptors (Lipinski definition) is 4. The van der Waals surface area contributed by atoms with E-state index in [2.05, 4.69) is 10.6 Å². The highest BCUT2D eigenvalue weighted by Gasteiger charge is 2.42. The molecule has 0 aromatic carbocycles. The Morgan fingerprint density at radius 1 is 1.60 bits per heavy atom. The minimum Gasteiger partial charge on any atom is -0.477 e. The molecule has 2 aliphatic rings. The highest BCUT2D eigenvalue weighted by molar-refractivity contribution is 8.04. The van der Waals surface area contributed by atoms with Gasteiger partial charge in [0.1, 0.15) is 5.84 Å². The van der Waals surface area contributed by atoms with E-state index in [0.717, 1.165) is 11.8 Å². The Kier molecular flexibility index (Phi) is 2.18. The molecule has 0 aromatic rings. The van der Waals surface area contributed by atoms with Crippen molar-refractivity contribution in [1.29, 1.82) is 5.41 Å². The van der Waals surface area contributed by atoms with E-state index in [1.807, 2.05) is 0 Å². The molecule has 2 heterocycles. The third-order valence-corrected chi connectivity index (χ3v) is 3.78. The summed E-state index contributed by atoms with van der Waals surface area (Å²) in [5, 5.41) is 21.1. The highest BCUT2D eigenvalue weighted by Crippen LogP contribution is 2.41. The standard InChI is InChI=1S/C8H9N3O3S/c1-2-3-5(9)10-8(14)11-6(3)15-4(2)7(12)13/h3,6H,1H3,(H,12,13)(H3,9,10,11,14). The topological polar surface area (TPSA) is 102 Å². The van der Waals surface area contributed by atoms with E-state index in [1.165, 1.54) is 0 Å². The van der Waals surface area contributed by atoms with Crippen LogP contribution < -0.4 is 10.6 Å². The number of amides is 2. The van der Waals surface area contributed by atoms with Crippen LogP contribution in [0.25, 0.3) is 0 Å². The number of urea groups is 1. The van der Waals surface area contributed by atoms with Crippen LogP contribution >= 0.6 is 11.8 Å². The van der Waals surface area contributed by atoms with E-state index >= 15 is 0 Å². The van der Waals surface area contributed by atoms with Crippen molar-refractivity contribution in [2.45, 2.75) is 12.3 Å². The fourth-order valence-electron chi connectivity index (χ4n) is 1.72. The number of thioether (sulfide) groups is 1. The maximum atomic E-state index is 11.1. The zero-order valence-corrected chi connectivity index (χ0v) is 8.64. The van der Waals surface area contributed by atoms with Crippen molar-refractivity contribution in [3.63, 3.8) is 0 Å². The van der Waals surface area contributed by atoms with Crippen molar-refractivity contribution < 1.29 is 14.7 Å². The molecule has 2 rings (SSSR count). The molecule has 15 heavy (non-hydrogen) atoms. The fraction of sp³-hybridized carbons (Fsp3) is 0.375. The first-order chi connectivity index (χ1) is 7.00. The summed E-state index contributed by atoms with van der Waals surface area (Å²) < 4.78 is 0. The average molecular weight is 227 g/mol. The van der Waals surface area contributed by atoms with Gasteiger partial charge in [-0.05, 0) is 12.5 Å². The average Bonchev–Trinajstić information content (AvgIpc) is 2.42. The van der Waals surface area contributed by atoms with Gasteiger partial charge in [0.15, 0.2) is 0 Å². The normalized spacial score (nSPS) is 29.7. The predicted molar refractivity (Wildman–Crippen MR) is 54.6 cm³/mol. The lowest BCUT2D eigenvalue weighted by molar-refractivity contribution is -0.131. The molecule has 0 aromatic heterocycles. The largest absolute Gasteiger partial charge is 0.477 e. The lowest BCUT2D eigenvalue weighted by Crippen LogP contribution is -2.55. The molecule has 0 bridgehead atoms. The van der Waals surface area contributed by atoms with Gasteiger partial charge in [0.05, 0.1) is 16.2 Å². The number of hydrogen-bond donors (Lipinski definition) is 4. The van der Waals surface area contributed by atoms with Crippen LogP contribution in [-0.4, -0.2) is 28.3 Å². The second-order valence-electron chi connectivity index (χ2n) is 3.35. The van der Waals surface area contributed by atoms with Crippen LogP contribution in [0.2, 0.25) is 0 Å². The third kappa shape index (κ3) is 1.48. The molecule has 1 fully saturated rings. The van der Waals surface area contributed by atoms with Gasteiger partial charge in [0, 0.05) is 0 Å². The summed E-state index contributed by atoms with van der Waals surface area (Å²) in [7, 11) is 0. The van der Waals surface area contributed by atoms with Gasteiger partial charge in [-0.25, -0.2) is 9.59 Å². The van der Waals surface area contributed by atoms with Crippen LogP contribution in [0.4, 0.5) is 4.79 Å². The molecule has 4 N–H and O–H groups in total. The first-order valence-electron chi connectivity index (χ1n) is 4.27. The van der Waals surface area contributed by atoms with Gasteiger partial charge in [0.25, 0.3) is 0 Å². The predicted octanol–water partition coefficient (Wildman–Crippen LogP) is 0.324. The summed E-state index contributed by atoms with van der Waals surface area (Å²) in [5.74, 6) is -1.29. The molecule has 6 nitrogen and oxygen atoms in total. The third-order valence-electron chi connectivity index (χ3n) is 2.40. The smallest absolute Gasteiger partial charge is 0.342 e. The van der Waals surface area contributed by atoms with Crippen LogP contribution in [0, 0.1) is 11.3 Å². The van der Waals surface area contributed by atoms with Gasteiger partial charge >= 0.3 is 12.0 Å². The van der Waals surface area contributed by atoms with Crippen molar-refractivity contribution in [1.82, 2.24) is 10.6 Å². The van der Waals surface area contributed by atoms with E-state index < -0.39 is 12.0 Å². The van der Waals surface area contributed by atoms with E-state index in [1.54, 1.807) is 6.92 Å². The molecule has 2 aliphatic heterocycles. The first-order valence-corrected chi connectivity index (χ1v) is 5.15. The van der Waals surface area contributed by atoms with Gasteiger partial charge < -0.3 is 10.4 Å². The van der Waals surface area contributed by atoms with Crippen LogP contribution in [0.1, 0.15) is 6.92 Å². The Morgan fingerprint density at radius 3 is 2.87 bits per heavy atom. The Bertz CT molecular complexity index is 404. The Labute approximate surface area is 89.6 Å². The second-order valence-corrected chi connectivity index (χ2v) is 4.50. The summed E-state index contributed by atoms with van der Waals surface area (Å²) >= 11 is 1.09. The monoisotopic (exact) mass is 227 g/mol. The van der Waals surface area contributed by atoms with Crippen molar-refractivity contribution in [2.24, 2.45) is 5.92 Å². The highest BCUT2D eigenvalue weighted by atomic mass is 32.2. The Hall–Kier alpha value is -1.50. The van der Waals surface area contributed by atoms with Crippen molar-refractivity contribution in [2.75, 3.05) is 0 Å². The van der Waals surface area contributed by atoms with Crippen LogP contribution in [0.5, 0.6) is 0 Å². The number of carboxylic acids is 1. The van der Waals surface area contributed by atoms with E-state index in [0.29, 0.717) is 5.57 Å². The van der Waals surface area contributed by atoms with Gasteiger partial charge in [0.2, 0.25) is 0 Å². The van der Waals surface area contributed by atoms with Gasteiger partial charge in [-0.3, -0.25) is 10.7 Å². The molecule has 7 heteroatoms. The molecule has 2 unspecified atom stereocenters. The molecule has 0 saturated carbocycles. The molecule has 1 saturated heterocycles. The number of aliphatic carboxylic acids is 1. The number of rotatable bonds is 1. The van der Waals surface area contributed by atoms with E-state index in [9.17, 15) is 9.59 Å². The van der Waals surface area contributed by atoms with Crippen LogP contribution in [0.3, 0.4) is 0 Å². The summed E-state index contributed by atoms with van der Waals surface area (Å²) in [6, 6.07) is -0.451. The number of carboxylic acid groups (broad SMARTS) is 1. The number of carbonyl (C=O) groups excluding carboxylic acids is 1. The fourth-order valence-corrected chi connectivity index (χ4v) is 3.03. The molecule has 80 valence electrons.